The second kappa shape index (κ2) is 8.21. The minimum absolute atomic E-state index is 0.209. The van der Waals surface area contributed by atoms with Crippen LogP contribution in [0.5, 0.6) is 0 Å². The zero-order chi connectivity index (χ0) is 17.8. The van der Waals surface area contributed by atoms with Crippen LogP contribution in [0.25, 0.3) is 0 Å². The van der Waals surface area contributed by atoms with E-state index < -0.39 is 0 Å². The fourth-order valence-corrected chi connectivity index (χ4v) is 3.62. The summed E-state index contributed by atoms with van der Waals surface area (Å²) in [7, 11) is 0. The number of hydrogen-bond donors (Lipinski definition) is 2. The molecule has 0 unspecified atom stereocenters. The lowest BCUT2D eigenvalue weighted by Crippen LogP contribution is -3.14. The van der Waals surface area contributed by atoms with Crippen LogP contribution in [-0.4, -0.2) is 38.6 Å². The number of amides is 1. The van der Waals surface area contributed by atoms with Crippen LogP contribution in [0.15, 0.2) is 46.9 Å². The molecule has 0 atom stereocenters. The van der Waals surface area contributed by atoms with E-state index in [4.69, 9.17) is 11.6 Å². The third-order valence-corrected chi connectivity index (χ3v) is 5.46. The predicted molar refractivity (Wildman–Crippen MR) is 107 cm³/mol. The number of nitrogens with zero attached hydrogens (tertiary/aromatic N) is 1. The van der Waals surface area contributed by atoms with Gasteiger partial charge in [-0.15, -0.1) is 0 Å². The van der Waals surface area contributed by atoms with Crippen LogP contribution in [0.4, 0.5) is 11.4 Å². The van der Waals surface area contributed by atoms with E-state index in [1.54, 1.807) is 17.0 Å². The van der Waals surface area contributed by atoms with Crippen molar-refractivity contribution < 1.29 is 9.69 Å². The van der Waals surface area contributed by atoms with Gasteiger partial charge in [0.05, 0.1) is 43.3 Å². The number of anilines is 2. The van der Waals surface area contributed by atoms with Crippen molar-refractivity contribution in [3.63, 3.8) is 0 Å². The molecule has 0 saturated carbocycles. The number of carbonyl (C=O) groups excluding carboxylic acids is 1. The summed E-state index contributed by atoms with van der Waals surface area (Å²) in [6.07, 6.45) is 0. The molecule has 1 aliphatic heterocycles. The van der Waals surface area contributed by atoms with Crippen LogP contribution in [-0.2, 0) is 0 Å². The Labute approximate surface area is 161 Å². The van der Waals surface area contributed by atoms with Gasteiger partial charge in [0.25, 0.3) is 5.91 Å². The Kier molecular flexibility index (Phi) is 5.99. The minimum Gasteiger partial charge on any atom is -0.360 e. The van der Waals surface area contributed by atoms with Gasteiger partial charge >= 0.3 is 0 Å². The summed E-state index contributed by atoms with van der Waals surface area (Å²) < 4.78 is 0.825. The van der Waals surface area contributed by atoms with E-state index in [9.17, 15) is 4.79 Å². The largest absolute Gasteiger partial charge is 0.360 e. The van der Waals surface area contributed by atoms with E-state index in [0.717, 1.165) is 23.2 Å². The molecule has 2 aromatic rings. The highest BCUT2D eigenvalue weighted by atomic mass is 79.9. The monoisotopic (exact) mass is 422 g/mol. The fraction of sp³-hybridized carbons (Fsp3) is 0.316. The summed E-state index contributed by atoms with van der Waals surface area (Å²) in [6, 6.07) is 13.3. The molecule has 1 amide bonds. The van der Waals surface area contributed by atoms with Gasteiger partial charge in [0.2, 0.25) is 0 Å². The average Bonchev–Trinajstić information content (AvgIpc) is 2.64. The van der Waals surface area contributed by atoms with Gasteiger partial charge < -0.3 is 15.1 Å². The molecule has 6 heteroatoms. The quantitative estimate of drug-likeness (QED) is 0.793. The molecule has 3 rings (SSSR count). The first-order valence-electron chi connectivity index (χ1n) is 8.52. The molecule has 1 heterocycles. The third-order valence-electron chi connectivity index (χ3n) is 4.63. The fourth-order valence-electron chi connectivity index (χ4n) is 3.06. The first kappa shape index (κ1) is 18.2. The number of quaternary nitrogens is 1. The topological polar surface area (TPSA) is 36.8 Å². The van der Waals surface area contributed by atoms with Crippen molar-refractivity contribution in [3.8, 4) is 0 Å². The van der Waals surface area contributed by atoms with Gasteiger partial charge in [-0.05, 0) is 49.4 Å². The standard InChI is InChI=1S/C19H21BrClN3O/c1-2-23-9-11-24(12-10-23)16-6-4-15(5-7-16)22-19(25)17-13-14(20)3-8-18(17)21/h3-8,13H,2,9-12H2,1H3,(H,22,25)/p+1. The molecule has 0 aromatic heterocycles. The Balaban J connectivity index is 1.65. The van der Waals surface area contributed by atoms with Crippen LogP contribution < -0.4 is 15.1 Å². The first-order chi connectivity index (χ1) is 12.1. The molecule has 1 saturated heterocycles. The van der Waals surface area contributed by atoms with Gasteiger partial charge in [0.1, 0.15) is 0 Å². The van der Waals surface area contributed by atoms with Crippen molar-refractivity contribution in [1.29, 1.82) is 0 Å². The third kappa shape index (κ3) is 4.54. The SMILES string of the molecule is CC[NH+]1CCN(c2ccc(NC(=O)c3cc(Br)ccc3Cl)cc2)CC1. The highest BCUT2D eigenvalue weighted by molar-refractivity contribution is 9.10. The smallest absolute Gasteiger partial charge is 0.257 e. The zero-order valence-corrected chi connectivity index (χ0v) is 16.5. The number of nitrogens with one attached hydrogen (secondary N) is 2. The van der Waals surface area contributed by atoms with Crippen LogP contribution in [0, 0.1) is 0 Å². The van der Waals surface area contributed by atoms with Gasteiger partial charge in [0.15, 0.2) is 0 Å². The number of piperazine rings is 1. The maximum atomic E-state index is 12.4. The van der Waals surface area contributed by atoms with E-state index in [-0.39, 0.29) is 5.91 Å². The van der Waals surface area contributed by atoms with Crippen LogP contribution in [0.2, 0.25) is 5.02 Å². The van der Waals surface area contributed by atoms with Crippen LogP contribution in [0.1, 0.15) is 17.3 Å². The Bertz CT molecular complexity index is 743. The van der Waals surface area contributed by atoms with Gasteiger partial charge in [-0.25, -0.2) is 0 Å². The molecule has 0 aliphatic carbocycles. The maximum Gasteiger partial charge on any atom is 0.257 e. The summed E-state index contributed by atoms with van der Waals surface area (Å²) in [5.41, 5.74) is 2.43. The minimum atomic E-state index is -0.209. The number of rotatable bonds is 4. The molecule has 2 N–H and O–H groups in total. The summed E-state index contributed by atoms with van der Waals surface area (Å²) in [4.78, 5) is 16.5. The zero-order valence-electron chi connectivity index (χ0n) is 14.2. The highest BCUT2D eigenvalue weighted by Gasteiger charge is 2.18. The molecule has 4 nitrogen and oxygen atoms in total. The molecule has 25 heavy (non-hydrogen) atoms. The van der Waals surface area contributed by atoms with Crippen molar-refractivity contribution >= 4 is 44.8 Å². The second-order valence-electron chi connectivity index (χ2n) is 6.22. The lowest BCUT2D eigenvalue weighted by Gasteiger charge is -2.33. The van der Waals surface area contributed by atoms with Gasteiger partial charge in [-0.1, -0.05) is 27.5 Å². The molecule has 0 spiro atoms. The Morgan fingerprint density at radius 2 is 1.88 bits per heavy atom. The van der Waals surface area contributed by atoms with Crippen molar-refractivity contribution in [3.05, 3.63) is 57.5 Å². The summed E-state index contributed by atoms with van der Waals surface area (Å²) >= 11 is 9.48. The Hall–Kier alpha value is -1.56. The number of hydrogen-bond acceptors (Lipinski definition) is 2. The van der Waals surface area contributed by atoms with Crippen LogP contribution >= 0.6 is 27.5 Å². The van der Waals surface area contributed by atoms with E-state index in [0.29, 0.717) is 10.6 Å². The summed E-state index contributed by atoms with van der Waals surface area (Å²) in [5, 5.41) is 3.34. The maximum absolute atomic E-state index is 12.4. The van der Waals surface area contributed by atoms with Gasteiger partial charge in [-0.2, -0.15) is 0 Å². The van der Waals surface area contributed by atoms with E-state index in [2.05, 4.69) is 45.2 Å². The molecule has 2 aromatic carbocycles. The Morgan fingerprint density at radius 3 is 2.52 bits per heavy atom. The summed E-state index contributed by atoms with van der Waals surface area (Å²) in [6.45, 7) is 7.93. The number of carbonyl (C=O) groups is 1. The molecular formula is C19H22BrClN3O+. The van der Waals surface area contributed by atoms with E-state index in [1.165, 1.54) is 25.3 Å². The average molecular weight is 424 g/mol. The van der Waals surface area contributed by atoms with Crippen molar-refractivity contribution in [2.24, 2.45) is 0 Å². The van der Waals surface area contributed by atoms with E-state index >= 15 is 0 Å². The first-order valence-corrected chi connectivity index (χ1v) is 9.69. The normalized spacial score (nSPS) is 15.2. The van der Waals surface area contributed by atoms with Crippen LogP contribution in [0.3, 0.4) is 0 Å². The highest BCUT2D eigenvalue weighted by Crippen LogP contribution is 2.23. The number of benzene rings is 2. The molecule has 132 valence electrons. The van der Waals surface area contributed by atoms with Gasteiger partial charge in [-0.3, -0.25) is 4.79 Å². The summed E-state index contributed by atoms with van der Waals surface area (Å²) in [5.74, 6) is -0.209. The molecule has 1 aliphatic rings. The van der Waals surface area contributed by atoms with Crippen molar-refractivity contribution in [2.75, 3.05) is 42.9 Å². The number of likely N-dealkylation sites (N-methyl/N-ethyl adjacent to an activating group) is 1. The molecule has 0 radical (unpaired) electrons. The van der Waals surface area contributed by atoms with Crippen molar-refractivity contribution in [1.82, 2.24) is 0 Å². The lowest BCUT2D eigenvalue weighted by atomic mass is 10.2. The number of halogens is 2. The van der Waals surface area contributed by atoms with E-state index in [1.807, 2.05) is 18.2 Å². The molecular weight excluding hydrogens is 402 g/mol. The molecule has 1 fully saturated rings. The van der Waals surface area contributed by atoms with Crippen molar-refractivity contribution in [2.45, 2.75) is 6.92 Å². The Morgan fingerprint density at radius 1 is 1.20 bits per heavy atom. The van der Waals surface area contributed by atoms with Gasteiger partial charge in [0, 0.05) is 15.8 Å². The lowest BCUT2D eigenvalue weighted by molar-refractivity contribution is -0.898. The molecule has 0 bridgehead atoms. The predicted octanol–water partition coefficient (Wildman–Crippen LogP) is 3.08. The second-order valence-corrected chi connectivity index (χ2v) is 7.54.